The van der Waals surface area contributed by atoms with Crippen molar-refractivity contribution in [3.8, 4) is 5.69 Å². The van der Waals surface area contributed by atoms with Gasteiger partial charge in [0.1, 0.15) is 0 Å². The third-order valence-electron chi connectivity index (χ3n) is 3.03. The second-order valence-corrected chi connectivity index (χ2v) is 4.20. The van der Waals surface area contributed by atoms with E-state index in [1.807, 2.05) is 0 Å². The fourth-order valence-corrected chi connectivity index (χ4v) is 2.08. The van der Waals surface area contributed by atoms with Gasteiger partial charge >= 0.3 is 11.7 Å². The van der Waals surface area contributed by atoms with E-state index in [0.717, 1.165) is 5.52 Å². The van der Waals surface area contributed by atoms with Crippen molar-refractivity contribution in [3.63, 3.8) is 0 Å². The molecular formula is C14H11N3O3. The molecule has 0 aliphatic rings. The van der Waals surface area contributed by atoms with E-state index in [9.17, 15) is 9.59 Å². The number of nitrogens with one attached hydrogen (secondary N) is 1. The molecule has 0 aliphatic heterocycles. The Balaban J connectivity index is 2.14. The van der Waals surface area contributed by atoms with Crippen LogP contribution in [0.2, 0.25) is 0 Å². The van der Waals surface area contributed by atoms with Gasteiger partial charge in [-0.05, 0) is 30.3 Å². The zero-order chi connectivity index (χ0) is 14.1. The van der Waals surface area contributed by atoms with Gasteiger partial charge in [-0.15, -0.1) is 0 Å². The van der Waals surface area contributed by atoms with E-state index in [1.165, 1.54) is 11.7 Å². The number of aromatic amines is 1. The molecule has 2 heterocycles. The molecular weight excluding hydrogens is 258 g/mol. The van der Waals surface area contributed by atoms with Crippen LogP contribution in [0.15, 0.2) is 47.5 Å². The van der Waals surface area contributed by atoms with Crippen molar-refractivity contribution in [1.82, 2.24) is 14.5 Å². The summed E-state index contributed by atoms with van der Waals surface area (Å²) in [6, 6.07) is 8.38. The number of methoxy groups -OCH3 is 1. The molecule has 1 aromatic carbocycles. The van der Waals surface area contributed by atoms with E-state index < -0.39 is 5.97 Å². The summed E-state index contributed by atoms with van der Waals surface area (Å²) >= 11 is 0. The third-order valence-corrected chi connectivity index (χ3v) is 3.03. The minimum atomic E-state index is -0.410. The zero-order valence-electron chi connectivity index (χ0n) is 10.7. The number of pyridine rings is 1. The normalized spacial score (nSPS) is 10.7. The van der Waals surface area contributed by atoms with Crippen LogP contribution in [0.4, 0.5) is 0 Å². The van der Waals surface area contributed by atoms with Gasteiger partial charge in [0, 0.05) is 6.20 Å². The van der Waals surface area contributed by atoms with Crippen LogP contribution in [0.1, 0.15) is 10.4 Å². The molecule has 0 atom stereocenters. The number of carbonyl (C=O) groups is 1. The number of carbonyl (C=O) groups excluding carboxylic acids is 1. The molecule has 0 saturated heterocycles. The Morgan fingerprint density at radius 2 is 2.00 bits per heavy atom. The molecule has 3 aromatic rings. The lowest BCUT2D eigenvalue weighted by atomic mass is 10.2. The lowest BCUT2D eigenvalue weighted by molar-refractivity contribution is 0.0601. The third kappa shape index (κ3) is 1.87. The van der Waals surface area contributed by atoms with Gasteiger partial charge in [-0.1, -0.05) is 0 Å². The first kappa shape index (κ1) is 12.2. The molecule has 0 saturated carbocycles. The number of imidazole rings is 1. The summed E-state index contributed by atoms with van der Waals surface area (Å²) in [6.45, 7) is 0. The van der Waals surface area contributed by atoms with Crippen LogP contribution in [0.3, 0.4) is 0 Å². The summed E-state index contributed by atoms with van der Waals surface area (Å²) in [6.07, 6.45) is 3.21. The van der Waals surface area contributed by atoms with Crippen LogP contribution < -0.4 is 5.69 Å². The van der Waals surface area contributed by atoms with Gasteiger partial charge in [-0.3, -0.25) is 9.55 Å². The summed E-state index contributed by atoms with van der Waals surface area (Å²) in [5, 5.41) is 0. The average molecular weight is 269 g/mol. The van der Waals surface area contributed by atoms with Crippen LogP contribution in [-0.4, -0.2) is 27.6 Å². The fourth-order valence-electron chi connectivity index (χ4n) is 2.08. The first-order valence-corrected chi connectivity index (χ1v) is 5.94. The lowest BCUT2D eigenvalue weighted by Gasteiger charge is -2.04. The number of hydrogen-bond donors (Lipinski definition) is 1. The summed E-state index contributed by atoms with van der Waals surface area (Å²) < 4.78 is 6.16. The molecule has 0 aliphatic carbocycles. The maximum absolute atomic E-state index is 12.0. The van der Waals surface area contributed by atoms with E-state index in [4.69, 9.17) is 0 Å². The van der Waals surface area contributed by atoms with Crippen LogP contribution >= 0.6 is 0 Å². The molecule has 0 amide bonds. The summed E-state index contributed by atoms with van der Waals surface area (Å²) in [5.41, 5.74) is 2.25. The van der Waals surface area contributed by atoms with E-state index in [-0.39, 0.29) is 5.69 Å². The molecule has 20 heavy (non-hydrogen) atoms. The second-order valence-electron chi connectivity index (χ2n) is 4.20. The smallest absolute Gasteiger partial charge is 0.337 e. The van der Waals surface area contributed by atoms with E-state index in [0.29, 0.717) is 16.8 Å². The van der Waals surface area contributed by atoms with Gasteiger partial charge in [0.25, 0.3) is 0 Å². The van der Waals surface area contributed by atoms with Gasteiger partial charge in [0.2, 0.25) is 0 Å². The van der Waals surface area contributed by atoms with Crippen molar-refractivity contribution in [2.45, 2.75) is 0 Å². The maximum atomic E-state index is 12.0. The number of rotatable bonds is 2. The van der Waals surface area contributed by atoms with Crippen molar-refractivity contribution in [2.75, 3.05) is 7.11 Å². The standard InChI is InChI=1S/C14H11N3O3/c1-20-13(18)9-2-4-10(5-3-9)17-12-6-7-15-8-11(12)16-14(17)19/h2-8H,1H3,(H,16,19). The van der Waals surface area contributed by atoms with Crippen LogP contribution in [0.5, 0.6) is 0 Å². The van der Waals surface area contributed by atoms with E-state index in [1.54, 1.807) is 42.7 Å². The molecule has 100 valence electrons. The van der Waals surface area contributed by atoms with Crippen LogP contribution in [0.25, 0.3) is 16.7 Å². The average Bonchev–Trinajstić information content (AvgIpc) is 2.82. The van der Waals surface area contributed by atoms with Crippen molar-refractivity contribution in [3.05, 3.63) is 58.8 Å². The second kappa shape index (κ2) is 4.65. The molecule has 0 spiro atoms. The van der Waals surface area contributed by atoms with E-state index in [2.05, 4.69) is 14.7 Å². The molecule has 1 N–H and O–H groups in total. The number of fused-ring (bicyclic) bond motifs is 1. The minimum absolute atomic E-state index is 0.251. The van der Waals surface area contributed by atoms with Gasteiger partial charge in [0.05, 0.1) is 35.6 Å². The Bertz CT molecular complexity index is 831. The molecule has 6 heteroatoms. The molecule has 3 rings (SSSR count). The first-order chi connectivity index (χ1) is 9.70. The number of esters is 1. The lowest BCUT2D eigenvalue weighted by Crippen LogP contribution is -2.14. The highest BCUT2D eigenvalue weighted by Gasteiger charge is 2.10. The fraction of sp³-hybridized carbons (Fsp3) is 0.0714. The largest absolute Gasteiger partial charge is 0.465 e. The minimum Gasteiger partial charge on any atom is -0.465 e. The highest BCUT2D eigenvalue weighted by Crippen LogP contribution is 2.15. The Hall–Kier alpha value is -2.89. The number of benzene rings is 1. The Kier molecular flexibility index (Phi) is 2.83. The Morgan fingerprint density at radius 3 is 2.70 bits per heavy atom. The summed E-state index contributed by atoms with van der Waals surface area (Å²) in [4.78, 5) is 30.1. The van der Waals surface area contributed by atoms with Crippen molar-refractivity contribution < 1.29 is 9.53 Å². The highest BCUT2D eigenvalue weighted by atomic mass is 16.5. The topological polar surface area (TPSA) is 77.0 Å². The van der Waals surface area contributed by atoms with Gasteiger partial charge in [0.15, 0.2) is 0 Å². The van der Waals surface area contributed by atoms with Crippen molar-refractivity contribution in [1.29, 1.82) is 0 Å². The molecule has 0 fully saturated rings. The number of H-pyrrole nitrogens is 1. The molecule has 6 nitrogen and oxygen atoms in total. The summed E-state index contributed by atoms with van der Waals surface area (Å²) in [5.74, 6) is -0.410. The monoisotopic (exact) mass is 269 g/mol. The number of nitrogens with zero attached hydrogens (tertiary/aromatic N) is 2. The van der Waals surface area contributed by atoms with Crippen LogP contribution in [-0.2, 0) is 4.74 Å². The van der Waals surface area contributed by atoms with Crippen molar-refractivity contribution in [2.24, 2.45) is 0 Å². The number of ether oxygens (including phenoxy) is 1. The Morgan fingerprint density at radius 1 is 1.25 bits per heavy atom. The highest BCUT2D eigenvalue weighted by molar-refractivity contribution is 5.89. The van der Waals surface area contributed by atoms with Gasteiger partial charge < -0.3 is 9.72 Å². The summed E-state index contributed by atoms with van der Waals surface area (Å²) in [7, 11) is 1.33. The molecule has 0 unspecified atom stereocenters. The number of hydrogen-bond acceptors (Lipinski definition) is 4. The van der Waals surface area contributed by atoms with Gasteiger partial charge in [-0.2, -0.15) is 0 Å². The predicted octanol–water partition coefficient (Wildman–Crippen LogP) is 1.50. The maximum Gasteiger partial charge on any atom is 0.337 e. The molecule has 0 bridgehead atoms. The predicted molar refractivity (Wildman–Crippen MR) is 73.0 cm³/mol. The van der Waals surface area contributed by atoms with Crippen LogP contribution in [0, 0.1) is 0 Å². The SMILES string of the molecule is COC(=O)c1ccc(-n2c(=O)[nH]c3cnccc32)cc1. The first-order valence-electron chi connectivity index (χ1n) is 5.94. The zero-order valence-corrected chi connectivity index (χ0v) is 10.7. The quantitative estimate of drug-likeness (QED) is 0.715. The Labute approximate surface area is 113 Å². The van der Waals surface area contributed by atoms with E-state index >= 15 is 0 Å². The van der Waals surface area contributed by atoms with Gasteiger partial charge in [-0.25, -0.2) is 9.59 Å². The number of aromatic nitrogens is 3. The molecule has 2 aromatic heterocycles. The molecule has 0 radical (unpaired) electrons. The van der Waals surface area contributed by atoms with Crippen molar-refractivity contribution >= 4 is 17.0 Å².